The van der Waals surface area contributed by atoms with E-state index < -0.39 is 0 Å². The molecule has 2 aromatic carbocycles. The molecule has 0 saturated carbocycles. The molecule has 3 heterocycles. The molecule has 0 fully saturated rings. The topological polar surface area (TPSA) is 34.4 Å². The first kappa shape index (κ1) is 18.7. The van der Waals surface area contributed by atoms with E-state index in [0.29, 0.717) is 0 Å². The quantitative estimate of drug-likeness (QED) is 0.445. The van der Waals surface area contributed by atoms with E-state index >= 15 is 0 Å². The Kier molecular flexibility index (Phi) is 4.40. The van der Waals surface area contributed by atoms with E-state index in [1.54, 1.807) is 11.3 Å². The number of aromatic nitrogens is 1. The Labute approximate surface area is 188 Å². The molecule has 0 N–H and O–H groups in total. The Morgan fingerprint density at radius 3 is 2.68 bits per heavy atom. The number of aryl methyl sites for hydroxylation is 2. The van der Waals surface area contributed by atoms with Gasteiger partial charge in [0.2, 0.25) is 0 Å². The van der Waals surface area contributed by atoms with Gasteiger partial charge in [-0.05, 0) is 54.0 Å². The molecule has 5 heteroatoms. The van der Waals surface area contributed by atoms with Crippen LogP contribution in [-0.2, 0) is 6.42 Å². The molecule has 0 spiro atoms. The number of benzene rings is 2. The number of thiophene rings is 1. The van der Waals surface area contributed by atoms with E-state index in [1.165, 1.54) is 33.6 Å². The summed E-state index contributed by atoms with van der Waals surface area (Å²) in [5, 5.41) is 2.04. The van der Waals surface area contributed by atoms with Crippen LogP contribution in [0.4, 0.5) is 0 Å². The highest BCUT2D eigenvalue weighted by molar-refractivity contribution is 7.11. The maximum absolute atomic E-state index is 13.6. The SMILES string of the molecule is Cc1ccc(C2C3=C(N=c4s/c(=C/c5cccs5)c(=O)n42)c2ccccc2CC3)cc1. The Hall–Kier alpha value is -3.02. The molecular weight excluding hydrogens is 420 g/mol. The first-order valence-electron chi connectivity index (χ1n) is 10.4. The normalized spacial score (nSPS) is 17.7. The number of allylic oxidation sites excluding steroid dienone is 1. The molecule has 152 valence electrons. The van der Waals surface area contributed by atoms with Gasteiger partial charge in [0.25, 0.3) is 5.56 Å². The summed E-state index contributed by atoms with van der Waals surface area (Å²) in [4.78, 5) is 20.5. The minimum Gasteiger partial charge on any atom is -0.272 e. The summed E-state index contributed by atoms with van der Waals surface area (Å²) in [7, 11) is 0. The van der Waals surface area contributed by atoms with Gasteiger partial charge < -0.3 is 0 Å². The van der Waals surface area contributed by atoms with E-state index in [4.69, 9.17) is 4.99 Å². The van der Waals surface area contributed by atoms with Gasteiger partial charge in [0.1, 0.15) is 0 Å². The van der Waals surface area contributed by atoms with Gasteiger partial charge in [-0.2, -0.15) is 0 Å². The fourth-order valence-corrected chi connectivity index (χ4v) is 6.30. The van der Waals surface area contributed by atoms with Crippen molar-refractivity contribution in [1.82, 2.24) is 4.57 Å². The van der Waals surface area contributed by atoms with Crippen molar-refractivity contribution in [3.63, 3.8) is 0 Å². The van der Waals surface area contributed by atoms with Crippen molar-refractivity contribution >= 4 is 34.4 Å². The summed E-state index contributed by atoms with van der Waals surface area (Å²) in [5.41, 5.74) is 7.26. The second kappa shape index (κ2) is 7.29. The lowest BCUT2D eigenvalue weighted by atomic mass is 9.83. The van der Waals surface area contributed by atoms with Crippen LogP contribution in [0.5, 0.6) is 0 Å². The Morgan fingerprint density at radius 1 is 1.03 bits per heavy atom. The van der Waals surface area contributed by atoms with Gasteiger partial charge in [0.05, 0.1) is 16.3 Å². The molecule has 2 aliphatic rings. The van der Waals surface area contributed by atoms with Gasteiger partial charge in [-0.15, -0.1) is 11.3 Å². The van der Waals surface area contributed by atoms with E-state index in [-0.39, 0.29) is 11.6 Å². The van der Waals surface area contributed by atoms with Crippen molar-refractivity contribution in [3.8, 4) is 0 Å². The number of hydrogen-bond acceptors (Lipinski definition) is 4. The lowest BCUT2D eigenvalue weighted by Crippen LogP contribution is -2.38. The standard InChI is InChI=1S/C26H20N2OS2/c1-16-8-10-18(11-9-16)24-21-13-12-17-5-2-3-7-20(17)23(21)27-26-28(24)25(29)22(31-26)15-19-6-4-14-30-19/h2-11,14-15,24H,12-13H2,1H3/b22-15+. The molecular formula is C26H20N2OS2. The predicted molar refractivity (Wildman–Crippen MR) is 128 cm³/mol. The zero-order valence-electron chi connectivity index (χ0n) is 17.0. The van der Waals surface area contributed by atoms with Gasteiger partial charge in [0, 0.05) is 10.4 Å². The van der Waals surface area contributed by atoms with Crippen molar-refractivity contribution in [1.29, 1.82) is 0 Å². The van der Waals surface area contributed by atoms with E-state index in [1.807, 2.05) is 28.2 Å². The number of nitrogens with zero attached hydrogens (tertiary/aromatic N) is 2. The smallest absolute Gasteiger partial charge is 0.271 e. The zero-order valence-corrected chi connectivity index (χ0v) is 18.7. The van der Waals surface area contributed by atoms with Gasteiger partial charge in [0.15, 0.2) is 4.80 Å². The molecule has 1 aliphatic carbocycles. The lowest BCUT2D eigenvalue weighted by molar-refractivity contribution is 0.585. The summed E-state index contributed by atoms with van der Waals surface area (Å²) >= 11 is 3.14. The van der Waals surface area contributed by atoms with Crippen LogP contribution in [-0.4, -0.2) is 4.57 Å². The van der Waals surface area contributed by atoms with Crippen LogP contribution in [0, 0.1) is 6.92 Å². The maximum atomic E-state index is 13.6. The molecule has 0 bridgehead atoms. The third-order valence-corrected chi connectivity index (χ3v) is 7.88. The summed E-state index contributed by atoms with van der Waals surface area (Å²) in [6.07, 6.45) is 3.90. The highest BCUT2D eigenvalue weighted by atomic mass is 32.1. The molecule has 2 aromatic heterocycles. The maximum Gasteiger partial charge on any atom is 0.271 e. The highest BCUT2D eigenvalue weighted by Gasteiger charge is 2.32. The number of fused-ring (bicyclic) bond motifs is 3. The number of thiazole rings is 1. The lowest BCUT2D eigenvalue weighted by Gasteiger charge is -2.30. The summed E-state index contributed by atoms with van der Waals surface area (Å²) < 4.78 is 2.66. The van der Waals surface area contributed by atoms with Crippen molar-refractivity contribution in [2.24, 2.45) is 4.99 Å². The van der Waals surface area contributed by atoms with Crippen molar-refractivity contribution < 1.29 is 0 Å². The van der Waals surface area contributed by atoms with Crippen LogP contribution in [0.15, 0.2) is 81.4 Å². The van der Waals surface area contributed by atoms with Gasteiger partial charge in [-0.1, -0.05) is 71.5 Å². The second-order valence-electron chi connectivity index (χ2n) is 8.04. The second-order valence-corrected chi connectivity index (χ2v) is 10.0. The first-order chi connectivity index (χ1) is 15.2. The largest absolute Gasteiger partial charge is 0.272 e. The van der Waals surface area contributed by atoms with Gasteiger partial charge in [-0.25, -0.2) is 4.99 Å². The van der Waals surface area contributed by atoms with Crippen LogP contribution < -0.4 is 14.9 Å². The molecule has 0 saturated heterocycles. The minimum atomic E-state index is -0.106. The van der Waals surface area contributed by atoms with E-state index in [0.717, 1.165) is 38.3 Å². The summed E-state index contributed by atoms with van der Waals surface area (Å²) in [5.74, 6) is 0. The van der Waals surface area contributed by atoms with Crippen LogP contribution in [0.3, 0.4) is 0 Å². The number of rotatable bonds is 2. The fourth-order valence-electron chi connectivity index (χ4n) is 4.57. The first-order valence-corrected chi connectivity index (χ1v) is 12.1. The third-order valence-electron chi connectivity index (χ3n) is 6.08. The predicted octanol–water partition coefficient (Wildman–Crippen LogP) is 4.69. The van der Waals surface area contributed by atoms with E-state index in [2.05, 4.69) is 55.5 Å². The fraction of sp³-hybridized carbons (Fsp3) is 0.154. The monoisotopic (exact) mass is 440 g/mol. The number of hydrogen-bond donors (Lipinski definition) is 0. The van der Waals surface area contributed by atoms with Crippen molar-refractivity contribution in [2.45, 2.75) is 25.8 Å². The Balaban J connectivity index is 1.65. The highest BCUT2D eigenvalue weighted by Crippen LogP contribution is 2.41. The van der Waals surface area contributed by atoms with Crippen molar-refractivity contribution in [2.75, 3.05) is 0 Å². The van der Waals surface area contributed by atoms with Gasteiger partial charge >= 0.3 is 0 Å². The average molecular weight is 441 g/mol. The van der Waals surface area contributed by atoms with Crippen LogP contribution in [0.25, 0.3) is 11.8 Å². The average Bonchev–Trinajstić information content (AvgIpc) is 3.41. The third kappa shape index (κ3) is 3.08. The molecule has 3 nitrogen and oxygen atoms in total. The zero-order chi connectivity index (χ0) is 20.9. The van der Waals surface area contributed by atoms with Crippen LogP contribution >= 0.6 is 22.7 Å². The Morgan fingerprint density at radius 2 is 1.87 bits per heavy atom. The van der Waals surface area contributed by atoms with Gasteiger partial charge in [-0.3, -0.25) is 9.36 Å². The molecule has 0 amide bonds. The molecule has 6 rings (SSSR count). The summed E-state index contributed by atoms with van der Waals surface area (Å²) in [6.45, 7) is 2.10. The molecule has 0 radical (unpaired) electrons. The minimum absolute atomic E-state index is 0.0492. The van der Waals surface area contributed by atoms with E-state index in [9.17, 15) is 4.79 Å². The van der Waals surface area contributed by atoms with Crippen molar-refractivity contribution in [3.05, 3.63) is 118 Å². The molecule has 1 atom stereocenters. The van der Waals surface area contributed by atoms with Crippen LogP contribution in [0.1, 0.15) is 39.6 Å². The molecule has 4 aromatic rings. The molecule has 1 unspecified atom stereocenters. The van der Waals surface area contributed by atoms with Crippen LogP contribution in [0.2, 0.25) is 0 Å². The Bertz CT molecular complexity index is 1500. The molecule has 1 aliphatic heterocycles. The summed E-state index contributed by atoms with van der Waals surface area (Å²) in [6, 6.07) is 21.1. The molecule has 31 heavy (non-hydrogen) atoms.